The molecule has 0 saturated heterocycles. The molecule has 21 heavy (non-hydrogen) atoms. The predicted octanol–water partition coefficient (Wildman–Crippen LogP) is 2.32. The van der Waals surface area contributed by atoms with E-state index in [1.165, 1.54) is 19.9 Å². The van der Waals surface area contributed by atoms with Crippen molar-refractivity contribution in [2.45, 2.75) is 18.9 Å². The summed E-state index contributed by atoms with van der Waals surface area (Å²) in [7, 11) is 0. The summed E-state index contributed by atoms with van der Waals surface area (Å²) in [5.74, 6) is -0.850. The molecule has 0 atom stereocenters. The second-order valence-electron chi connectivity index (χ2n) is 4.12. The van der Waals surface area contributed by atoms with Crippen LogP contribution in [-0.4, -0.2) is 27.6 Å². The topological polar surface area (TPSA) is 78.3 Å². The molecule has 1 aromatic heterocycles. The van der Waals surface area contributed by atoms with Crippen LogP contribution < -0.4 is 5.43 Å². The maximum Gasteiger partial charge on any atom is 0.303 e. The first-order valence-corrected chi connectivity index (χ1v) is 7.26. The number of ether oxygens (including phenoxy) is 1. The van der Waals surface area contributed by atoms with Crippen LogP contribution in [0.5, 0.6) is 0 Å². The fourth-order valence-electron chi connectivity index (χ4n) is 1.68. The van der Waals surface area contributed by atoms with Gasteiger partial charge in [-0.1, -0.05) is 23.4 Å². The van der Waals surface area contributed by atoms with Gasteiger partial charge in [-0.3, -0.25) is 14.4 Å². The Hall–Kier alpha value is -1.86. The highest BCUT2D eigenvalue weighted by Gasteiger charge is 2.14. The molecule has 2 aromatic rings. The molecule has 8 heteroatoms. The van der Waals surface area contributed by atoms with Crippen molar-refractivity contribution in [1.29, 1.82) is 0 Å². The number of carbonyl (C=O) groups is 2. The molecule has 6 nitrogen and oxygen atoms in total. The number of rotatable bonds is 3. The molecular weight excluding hydrogens is 316 g/mol. The smallest absolute Gasteiger partial charge is 0.303 e. The lowest BCUT2D eigenvalue weighted by Crippen LogP contribution is -2.20. The van der Waals surface area contributed by atoms with Crippen LogP contribution in [0.4, 0.5) is 0 Å². The first-order chi connectivity index (χ1) is 9.90. The van der Waals surface area contributed by atoms with Gasteiger partial charge in [-0.25, -0.2) is 0 Å². The predicted molar refractivity (Wildman–Crippen MR) is 79.8 cm³/mol. The van der Waals surface area contributed by atoms with Gasteiger partial charge in [-0.15, -0.1) is 0 Å². The average molecular weight is 327 g/mol. The average Bonchev–Trinajstić information content (AvgIpc) is 2.41. The summed E-state index contributed by atoms with van der Waals surface area (Å²) in [4.78, 5) is 34.7. The molecule has 0 bridgehead atoms. The lowest BCUT2D eigenvalue weighted by atomic mass is 10.2. The monoisotopic (exact) mass is 326 g/mol. The third kappa shape index (κ3) is 3.43. The normalized spacial score (nSPS) is 10.6. The third-order valence-electron chi connectivity index (χ3n) is 2.57. The molecule has 2 rings (SSSR count). The Kier molecular flexibility index (Phi) is 4.64. The van der Waals surface area contributed by atoms with Crippen LogP contribution in [0.1, 0.15) is 18.6 Å². The fourth-order valence-corrected chi connectivity index (χ4v) is 2.57. The van der Waals surface area contributed by atoms with Crippen LogP contribution in [0.2, 0.25) is 5.02 Å². The minimum absolute atomic E-state index is 0.0540. The van der Waals surface area contributed by atoms with Crippen molar-refractivity contribution in [2.24, 2.45) is 0 Å². The van der Waals surface area contributed by atoms with E-state index in [1.807, 2.05) is 0 Å². The number of benzene rings is 1. The molecule has 0 spiro atoms. The van der Waals surface area contributed by atoms with Crippen molar-refractivity contribution in [1.82, 2.24) is 9.78 Å². The van der Waals surface area contributed by atoms with Crippen molar-refractivity contribution in [3.63, 3.8) is 0 Å². The van der Waals surface area contributed by atoms with E-state index in [4.69, 9.17) is 16.3 Å². The van der Waals surface area contributed by atoms with E-state index in [2.05, 4.69) is 5.10 Å². The van der Waals surface area contributed by atoms with Gasteiger partial charge in [0, 0.05) is 18.9 Å². The van der Waals surface area contributed by atoms with Crippen molar-refractivity contribution < 1.29 is 14.3 Å². The largest absolute Gasteiger partial charge is 0.454 e. The zero-order valence-corrected chi connectivity index (χ0v) is 12.8. The van der Waals surface area contributed by atoms with E-state index >= 15 is 0 Å². The number of fused-ring (bicyclic) bond motifs is 1. The molecule has 0 aliphatic carbocycles. The fraction of sp³-hybridized carbons (Fsp3) is 0.231. The molecule has 0 N–H and O–H groups in total. The van der Waals surface area contributed by atoms with Gasteiger partial charge in [0.2, 0.25) is 11.3 Å². The van der Waals surface area contributed by atoms with Gasteiger partial charge in [0.05, 0.1) is 10.9 Å². The van der Waals surface area contributed by atoms with Crippen LogP contribution in [0.3, 0.4) is 0 Å². The van der Waals surface area contributed by atoms with E-state index in [1.54, 1.807) is 12.1 Å². The minimum atomic E-state index is -0.460. The van der Waals surface area contributed by atoms with Gasteiger partial charge in [-0.05, 0) is 18.2 Å². The number of thioether (sulfide) groups is 1. The Labute approximate surface area is 129 Å². The highest BCUT2D eigenvalue weighted by atomic mass is 35.5. The standard InChI is InChI=1S/C13H11ClN2O4S/c1-7(17)16-11-4-3-9(14)5-10(11)12(19)13(15-16)21-6-20-8(2)18/h3-5H,6H2,1-2H3. The Morgan fingerprint density at radius 1 is 1.38 bits per heavy atom. The Balaban J connectivity index is 2.56. The third-order valence-corrected chi connectivity index (χ3v) is 3.58. The molecule has 1 heterocycles. The summed E-state index contributed by atoms with van der Waals surface area (Å²) in [5.41, 5.74) is 0.0240. The molecule has 0 amide bonds. The molecule has 1 aromatic carbocycles. The SMILES string of the molecule is CC(=O)OCSc1nn(C(C)=O)c2ccc(Cl)cc2c1=O. The number of halogens is 1. The van der Waals surface area contributed by atoms with Crippen molar-refractivity contribution >= 4 is 46.1 Å². The van der Waals surface area contributed by atoms with E-state index in [0.29, 0.717) is 10.5 Å². The lowest BCUT2D eigenvalue weighted by Gasteiger charge is -2.09. The summed E-state index contributed by atoms with van der Waals surface area (Å²) in [6.45, 7) is 2.61. The Morgan fingerprint density at radius 3 is 2.71 bits per heavy atom. The van der Waals surface area contributed by atoms with E-state index in [9.17, 15) is 14.4 Å². The van der Waals surface area contributed by atoms with E-state index < -0.39 is 5.97 Å². The van der Waals surface area contributed by atoms with Gasteiger partial charge < -0.3 is 4.74 Å². The second-order valence-corrected chi connectivity index (χ2v) is 5.47. The van der Waals surface area contributed by atoms with Crippen LogP contribution in [0, 0.1) is 0 Å². The minimum Gasteiger partial charge on any atom is -0.454 e. The van der Waals surface area contributed by atoms with Crippen LogP contribution in [-0.2, 0) is 9.53 Å². The van der Waals surface area contributed by atoms with Gasteiger partial charge >= 0.3 is 5.97 Å². The van der Waals surface area contributed by atoms with E-state index in [0.717, 1.165) is 16.4 Å². The first-order valence-electron chi connectivity index (χ1n) is 5.90. The number of esters is 1. The molecular formula is C13H11ClN2O4S. The molecule has 0 radical (unpaired) electrons. The Morgan fingerprint density at radius 2 is 2.10 bits per heavy atom. The molecule has 0 fully saturated rings. The maximum atomic E-state index is 12.3. The molecule has 110 valence electrons. The summed E-state index contributed by atoms with van der Waals surface area (Å²) < 4.78 is 5.89. The van der Waals surface area contributed by atoms with Crippen LogP contribution in [0.15, 0.2) is 28.0 Å². The molecule has 0 saturated carbocycles. The number of hydrogen-bond acceptors (Lipinski definition) is 6. The summed E-state index contributed by atoms with van der Waals surface area (Å²) in [6.07, 6.45) is 0. The summed E-state index contributed by atoms with van der Waals surface area (Å²) in [6, 6.07) is 4.63. The Bertz CT molecular complexity index is 788. The maximum absolute atomic E-state index is 12.3. The highest BCUT2D eigenvalue weighted by Crippen LogP contribution is 2.19. The van der Waals surface area contributed by atoms with Crippen LogP contribution >= 0.6 is 23.4 Å². The highest BCUT2D eigenvalue weighted by molar-refractivity contribution is 7.99. The second kappa shape index (κ2) is 6.28. The number of hydrogen-bond donors (Lipinski definition) is 0. The van der Waals surface area contributed by atoms with Crippen molar-refractivity contribution in [2.75, 3.05) is 5.94 Å². The number of nitrogens with zero attached hydrogens (tertiary/aromatic N) is 2. The molecule has 0 aliphatic rings. The number of aromatic nitrogens is 2. The summed E-state index contributed by atoms with van der Waals surface area (Å²) in [5, 5.41) is 4.76. The lowest BCUT2D eigenvalue weighted by molar-refractivity contribution is -0.138. The van der Waals surface area contributed by atoms with Gasteiger partial charge in [0.25, 0.3) is 0 Å². The van der Waals surface area contributed by atoms with Crippen molar-refractivity contribution in [3.8, 4) is 0 Å². The van der Waals surface area contributed by atoms with Crippen LogP contribution in [0.25, 0.3) is 10.9 Å². The number of carbonyl (C=O) groups excluding carboxylic acids is 2. The quantitative estimate of drug-likeness (QED) is 0.489. The van der Waals surface area contributed by atoms with Crippen molar-refractivity contribution in [3.05, 3.63) is 33.4 Å². The molecule has 0 aliphatic heterocycles. The molecule has 0 unspecified atom stereocenters. The zero-order valence-electron chi connectivity index (χ0n) is 11.3. The van der Waals surface area contributed by atoms with Gasteiger partial charge in [-0.2, -0.15) is 9.78 Å². The van der Waals surface area contributed by atoms with Gasteiger partial charge in [0.15, 0.2) is 5.03 Å². The van der Waals surface area contributed by atoms with Gasteiger partial charge in [0.1, 0.15) is 5.94 Å². The zero-order chi connectivity index (χ0) is 15.6. The van der Waals surface area contributed by atoms with E-state index in [-0.39, 0.29) is 27.7 Å². The summed E-state index contributed by atoms with van der Waals surface area (Å²) >= 11 is 6.84. The first kappa shape index (κ1) is 15.5.